The molecule has 0 radical (unpaired) electrons. The van der Waals surface area contributed by atoms with Gasteiger partial charge in [0.25, 0.3) is 0 Å². The molecular weight excluding hydrogens is 306 g/mol. The number of pyridine rings is 1. The van der Waals surface area contributed by atoms with E-state index in [0.29, 0.717) is 17.0 Å². The largest absolute Gasteiger partial charge is 0.396 e. The molecule has 0 bridgehead atoms. The summed E-state index contributed by atoms with van der Waals surface area (Å²) in [4.78, 5) is 4.28. The Morgan fingerprint density at radius 1 is 1.52 bits per heavy atom. The number of aromatic nitrogens is 1. The zero-order valence-corrected chi connectivity index (χ0v) is 13.2. The number of hydrogen-bond acceptors (Lipinski definition) is 5. The summed E-state index contributed by atoms with van der Waals surface area (Å²) in [6.45, 7) is 0.101. The number of anilines is 1. The van der Waals surface area contributed by atoms with Gasteiger partial charge < -0.3 is 10.4 Å². The summed E-state index contributed by atoms with van der Waals surface area (Å²) in [6.07, 6.45) is 4.20. The van der Waals surface area contributed by atoms with Gasteiger partial charge in [0.1, 0.15) is 6.07 Å². The molecular formula is C15H16ClN3OS. The minimum absolute atomic E-state index is 0.0849. The maximum atomic E-state index is 9.30. The van der Waals surface area contributed by atoms with E-state index in [9.17, 15) is 10.4 Å². The van der Waals surface area contributed by atoms with Gasteiger partial charge in [-0.25, -0.2) is 0 Å². The Bertz CT molecular complexity index is 666. The highest BCUT2D eigenvalue weighted by molar-refractivity contribution is 7.98. The van der Waals surface area contributed by atoms with Crippen LogP contribution in [0.1, 0.15) is 12.0 Å². The molecule has 0 unspecified atom stereocenters. The highest BCUT2D eigenvalue weighted by Gasteiger charge is 2.14. The molecule has 1 aromatic heterocycles. The molecule has 6 heteroatoms. The normalized spacial score (nSPS) is 12.1. The first-order valence-electron chi connectivity index (χ1n) is 6.54. The van der Waals surface area contributed by atoms with E-state index in [1.54, 1.807) is 24.0 Å². The minimum atomic E-state index is 0.0849. The number of hydrogen-bond donors (Lipinski definition) is 2. The SMILES string of the molecule is CSC[C@@H](CCO)Nc1c(C#N)cnc2ccc(Cl)cc12. The Morgan fingerprint density at radius 2 is 2.33 bits per heavy atom. The smallest absolute Gasteiger partial charge is 0.103 e. The van der Waals surface area contributed by atoms with Gasteiger partial charge in [-0.3, -0.25) is 4.98 Å². The highest BCUT2D eigenvalue weighted by Crippen LogP contribution is 2.29. The Balaban J connectivity index is 2.48. The van der Waals surface area contributed by atoms with Crippen molar-refractivity contribution in [1.29, 1.82) is 5.26 Å². The van der Waals surface area contributed by atoms with Crippen LogP contribution in [0.15, 0.2) is 24.4 Å². The lowest BCUT2D eigenvalue weighted by Gasteiger charge is -2.20. The fourth-order valence-electron chi connectivity index (χ4n) is 2.16. The van der Waals surface area contributed by atoms with Crippen LogP contribution in [0, 0.1) is 11.3 Å². The van der Waals surface area contributed by atoms with Gasteiger partial charge in [0, 0.05) is 35.0 Å². The summed E-state index contributed by atoms with van der Waals surface area (Å²) >= 11 is 7.76. The molecule has 21 heavy (non-hydrogen) atoms. The monoisotopic (exact) mass is 321 g/mol. The first-order chi connectivity index (χ1) is 10.2. The second-order valence-corrected chi connectivity index (χ2v) is 5.98. The van der Waals surface area contributed by atoms with Crippen molar-refractivity contribution in [3.8, 4) is 6.07 Å². The van der Waals surface area contributed by atoms with Crippen LogP contribution in [0.5, 0.6) is 0 Å². The summed E-state index contributed by atoms with van der Waals surface area (Å²) in [6, 6.07) is 7.66. The second-order valence-electron chi connectivity index (χ2n) is 4.63. The Morgan fingerprint density at radius 3 is 3.00 bits per heavy atom. The number of aliphatic hydroxyl groups excluding tert-OH is 1. The molecule has 0 fully saturated rings. The molecule has 0 saturated heterocycles. The number of nitrogens with one attached hydrogen (secondary N) is 1. The van der Waals surface area contributed by atoms with Crippen molar-refractivity contribution in [2.45, 2.75) is 12.5 Å². The third-order valence-electron chi connectivity index (χ3n) is 3.14. The summed E-state index contributed by atoms with van der Waals surface area (Å²) in [5.74, 6) is 0.843. The van der Waals surface area contributed by atoms with Crippen molar-refractivity contribution >= 4 is 40.0 Å². The molecule has 0 amide bonds. The van der Waals surface area contributed by atoms with Crippen LogP contribution < -0.4 is 5.32 Å². The van der Waals surface area contributed by atoms with Crippen LogP contribution >= 0.6 is 23.4 Å². The van der Waals surface area contributed by atoms with E-state index in [1.165, 1.54) is 0 Å². The number of aliphatic hydroxyl groups is 1. The molecule has 4 nitrogen and oxygen atoms in total. The lowest BCUT2D eigenvalue weighted by Crippen LogP contribution is -2.24. The fourth-order valence-corrected chi connectivity index (χ4v) is 2.99. The van der Waals surface area contributed by atoms with Crippen LogP contribution in [-0.4, -0.2) is 34.7 Å². The number of nitriles is 1. The summed E-state index contributed by atoms with van der Waals surface area (Å²) in [5.41, 5.74) is 2.00. The van der Waals surface area contributed by atoms with Crippen molar-refractivity contribution in [3.05, 3.63) is 35.0 Å². The Labute approximate surface area is 133 Å². The number of benzene rings is 1. The van der Waals surface area contributed by atoms with Crippen molar-refractivity contribution in [2.24, 2.45) is 0 Å². The molecule has 1 atom stereocenters. The Kier molecular flexibility index (Phi) is 5.68. The number of rotatable bonds is 6. The van der Waals surface area contributed by atoms with Crippen LogP contribution in [0.25, 0.3) is 10.9 Å². The lowest BCUT2D eigenvalue weighted by molar-refractivity contribution is 0.282. The molecule has 110 valence electrons. The molecule has 0 saturated carbocycles. The summed E-state index contributed by atoms with van der Waals surface area (Å²) in [7, 11) is 0. The number of halogens is 1. The zero-order valence-electron chi connectivity index (χ0n) is 11.6. The van der Waals surface area contributed by atoms with Gasteiger partial charge >= 0.3 is 0 Å². The van der Waals surface area contributed by atoms with Crippen LogP contribution in [-0.2, 0) is 0 Å². The predicted molar refractivity (Wildman–Crippen MR) is 89.0 cm³/mol. The van der Waals surface area contributed by atoms with E-state index >= 15 is 0 Å². The van der Waals surface area contributed by atoms with Crippen LogP contribution in [0.2, 0.25) is 5.02 Å². The first-order valence-corrected chi connectivity index (χ1v) is 8.31. The topological polar surface area (TPSA) is 68.9 Å². The first kappa shape index (κ1) is 15.9. The highest BCUT2D eigenvalue weighted by atomic mass is 35.5. The molecule has 1 heterocycles. The van der Waals surface area contributed by atoms with E-state index in [-0.39, 0.29) is 12.6 Å². The van der Waals surface area contributed by atoms with Gasteiger partial charge in [0.2, 0.25) is 0 Å². The lowest BCUT2D eigenvalue weighted by atomic mass is 10.1. The van der Waals surface area contributed by atoms with Crippen molar-refractivity contribution in [2.75, 3.05) is 23.9 Å². The quantitative estimate of drug-likeness (QED) is 0.854. The molecule has 0 aliphatic heterocycles. The average Bonchev–Trinajstić information content (AvgIpc) is 2.48. The van der Waals surface area contributed by atoms with E-state index in [0.717, 1.165) is 22.3 Å². The maximum absolute atomic E-state index is 9.30. The standard InChI is InChI=1S/C15H16ClN3OS/c1-21-9-12(4-5-20)19-15-10(7-17)8-18-14-3-2-11(16)6-13(14)15/h2-3,6,8,12,20H,4-5,9H2,1H3,(H,18,19)/t12-/m1/s1. The van der Waals surface area contributed by atoms with Gasteiger partial charge in [0.05, 0.1) is 16.8 Å². The van der Waals surface area contributed by atoms with Gasteiger partial charge in [-0.15, -0.1) is 0 Å². The van der Waals surface area contributed by atoms with Gasteiger partial charge in [-0.05, 0) is 30.9 Å². The van der Waals surface area contributed by atoms with Gasteiger partial charge in [-0.1, -0.05) is 11.6 Å². The molecule has 2 N–H and O–H groups in total. The van der Waals surface area contributed by atoms with Gasteiger partial charge in [-0.2, -0.15) is 17.0 Å². The van der Waals surface area contributed by atoms with Gasteiger partial charge in [0.15, 0.2) is 0 Å². The third-order valence-corrected chi connectivity index (χ3v) is 4.12. The van der Waals surface area contributed by atoms with Crippen molar-refractivity contribution in [3.63, 3.8) is 0 Å². The molecule has 2 aromatic rings. The second kappa shape index (κ2) is 7.51. The predicted octanol–water partition coefficient (Wildman–Crippen LogP) is 3.29. The number of nitrogens with zero attached hydrogens (tertiary/aromatic N) is 2. The molecule has 0 aliphatic carbocycles. The zero-order chi connectivity index (χ0) is 15.2. The fraction of sp³-hybridized carbons (Fsp3) is 0.333. The summed E-state index contributed by atoms with van der Waals surface area (Å²) in [5, 5.41) is 23.3. The number of fused-ring (bicyclic) bond motifs is 1. The van der Waals surface area contributed by atoms with Crippen LogP contribution in [0.3, 0.4) is 0 Å². The Hall–Kier alpha value is -1.48. The van der Waals surface area contributed by atoms with E-state index in [2.05, 4.69) is 16.4 Å². The minimum Gasteiger partial charge on any atom is -0.396 e. The van der Waals surface area contributed by atoms with E-state index in [1.807, 2.05) is 18.4 Å². The van der Waals surface area contributed by atoms with Crippen LogP contribution in [0.4, 0.5) is 5.69 Å². The van der Waals surface area contributed by atoms with Crippen molar-refractivity contribution in [1.82, 2.24) is 4.98 Å². The number of thioether (sulfide) groups is 1. The van der Waals surface area contributed by atoms with E-state index < -0.39 is 0 Å². The maximum Gasteiger partial charge on any atom is 0.103 e. The molecule has 1 aromatic carbocycles. The van der Waals surface area contributed by atoms with E-state index in [4.69, 9.17) is 11.6 Å². The third kappa shape index (κ3) is 3.79. The molecule has 2 rings (SSSR count). The molecule has 0 spiro atoms. The summed E-state index contributed by atoms with van der Waals surface area (Å²) < 4.78 is 0. The molecule has 0 aliphatic rings. The average molecular weight is 322 g/mol. The van der Waals surface area contributed by atoms with Crippen molar-refractivity contribution < 1.29 is 5.11 Å².